The van der Waals surface area contributed by atoms with E-state index in [-0.39, 0.29) is 47.9 Å². The minimum Gasteiger partial charge on any atom is -1.00 e. The van der Waals surface area contributed by atoms with Crippen LogP contribution < -0.4 is 90.0 Å². The third kappa shape index (κ3) is 38.7. The summed E-state index contributed by atoms with van der Waals surface area (Å²) < 4.78 is 30.0. The molecule has 5 N–H and O–H groups in total. The lowest BCUT2D eigenvalue weighted by molar-refractivity contribution is -0.748. The fraction of sp³-hybridized carbons (Fsp3) is 0.179. The van der Waals surface area contributed by atoms with Crippen LogP contribution in [0.5, 0.6) is 17.2 Å². The topological polar surface area (TPSA) is 243 Å². The number of nitrogens with two attached hydrogens (primary N) is 2. The SMILES string of the molecule is C.C.C.C.CN(N=Cc1cc[n+](C)cc1)c1ccccc1.CN(N=Cc1cccc[n+]1C)c1ccc(Cl)cc1.COc1ccc(N(C)N=Cc2cc[n+](C)cc2)cc1.COc1ccc(N=Nc2n(C)cc[n+]2C)cc1.C[n+]1ccc(C=Cc2ccc(N)cc2)cc1.C[n+]1ccccc1C=Cc1ccc(N)cc1.C[n+]1ccccc1C=NN1CCc2ccccc21.Cn1c2c(N=Nc3ccc(Cl)cc3)c(O)ccc2c[n+]1C.[Cl-]. The zero-order valence-electron chi connectivity index (χ0n) is 83.2. The van der Waals surface area contributed by atoms with Gasteiger partial charge in [0, 0.05) is 144 Å². The largest absolute Gasteiger partial charge is 1.00 e. The molecular formula is C117H140Cl3N24O3+7. The maximum absolute atomic E-state index is 10.1. The van der Waals surface area contributed by atoms with Gasteiger partial charge < -0.3 is 38.5 Å². The number of aromatic hydroxyl groups is 1. The molecule has 8 aromatic heterocycles. The maximum Gasteiger partial charge on any atom is 0.421 e. The average Bonchev–Trinajstić information content (AvgIpc) is 1.64. The molecule has 0 aliphatic carbocycles. The van der Waals surface area contributed by atoms with Crippen molar-refractivity contribution < 1.29 is 63.6 Å². The van der Waals surface area contributed by atoms with Gasteiger partial charge in [-0.3, -0.25) is 20.0 Å². The lowest BCUT2D eigenvalue weighted by Gasteiger charge is -2.12. The highest BCUT2D eigenvalue weighted by molar-refractivity contribution is 6.31. The van der Waals surface area contributed by atoms with Crippen molar-refractivity contribution in [3.8, 4) is 17.2 Å². The van der Waals surface area contributed by atoms with Gasteiger partial charge in [-0.05, 0) is 205 Å². The number of nitrogen functional groups attached to an aromatic ring is 2. The number of pyridine rings is 6. The summed E-state index contributed by atoms with van der Waals surface area (Å²) in [6, 6.07) is 98.0. The molecule has 0 saturated carbocycles. The van der Waals surface area contributed by atoms with Crippen molar-refractivity contribution in [1.29, 1.82) is 0 Å². The second-order valence-corrected chi connectivity index (χ2v) is 33.5. The number of hydrazone groups is 4. The highest BCUT2D eigenvalue weighted by Crippen LogP contribution is 2.36. The van der Waals surface area contributed by atoms with Gasteiger partial charge >= 0.3 is 5.95 Å². The molecule has 0 atom stereocenters. The first kappa shape index (κ1) is 119. The van der Waals surface area contributed by atoms with Gasteiger partial charge in [0.15, 0.2) is 68.5 Å². The van der Waals surface area contributed by atoms with E-state index in [0.717, 1.165) is 114 Å². The van der Waals surface area contributed by atoms with E-state index < -0.39 is 0 Å². The Bertz CT molecular complexity index is 7000. The Morgan fingerprint density at radius 3 is 1.24 bits per heavy atom. The van der Waals surface area contributed by atoms with Crippen molar-refractivity contribution in [1.82, 2.24) is 9.25 Å². The summed E-state index contributed by atoms with van der Waals surface area (Å²) in [5.74, 6) is 2.55. The molecule has 0 radical (unpaired) electrons. The number of azo groups is 2. The Kier molecular flexibility index (Phi) is 49.9. The van der Waals surface area contributed by atoms with Crippen LogP contribution in [0.15, 0.2) is 419 Å². The normalized spacial score (nSPS) is 11.0. The number of benzene rings is 9. The summed E-state index contributed by atoms with van der Waals surface area (Å²) in [5.41, 5.74) is 30.2. The minimum atomic E-state index is 0. The average molecular weight is 2040 g/mol. The van der Waals surface area contributed by atoms with E-state index in [1.165, 1.54) is 22.5 Å². The van der Waals surface area contributed by atoms with Gasteiger partial charge in [-0.15, -0.1) is 9.80 Å². The molecule has 0 fully saturated rings. The van der Waals surface area contributed by atoms with Gasteiger partial charge in [-0.2, -0.15) is 30.2 Å². The molecule has 17 aromatic rings. The second kappa shape index (κ2) is 61.7. The first-order valence-corrected chi connectivity index (χ1v) is 46.3. The Hall–Kier alpha value is -17.0. The molecule has 147 heavy (non-hydrogen) atoms. The van der Waals surface area contributed by atoms with Gasteiger partial charge in [0.25, 0.3) is 0 Å². The summed E-state index contributed by atoms with van der Waals surface area (Å²) in [5, 5.41) is 54.5. The van der Waals surface area contributed by atoms with E-state index in [2.05, 4.69) is 128 Å². The molecule has 0 amide bonds. The lowest BCUT2D eigenvalue weighted by atomic mass is 10.1. The standard InChI is InChI=1S/C15H13ClN4O.C15H18N3O.C15H16N3.C14H15ClN3.C14H16N3.2C14H14N2.C12H15N4O.4CH4.ClH/c1-19-9-10-3-8-13(21)14(15(10)20(19)2)18-17-12-6-4-11(16)5-7-12;1-17-10-8-13(9-11-17)12-16-18(2)14-4-6-15(19-3)7-5-14;1-17-10-5-4-7-14(17)12-16-18-11-9-13-6-2-3-8-15(13)18;1-17-10-4-3-5-14(17)11-16-18(2)13-8-6-12(15)7-9-13;1-16-10-8-13(9-11-16)12-15-17(2)14-6-4-3-5-7-14;1-16-10-8-13(9-11-16)3-2-12-4-6-14(15)7-5-12;1-16-11-3-2-4-14(16)10-7-12-5-8-13(15)9-6-12;1-15-8-9-16(2)12(15)14-13-10-4-6-11(17-3)7-5-10;;;;;/h3-9H,1-2H3;4-12H,1-3H3;2-8,10,12H,9,11H2,1H3;3-11H,1-2H3;3-12H,1-2H3;2*2-11,15H,1H3;4-9H,1-3H3;4*1H4;1H/q;4*+1;;;+1;;;;;/p+2. The smallest absolute Gasteiger partial charge is 0.421 e. The highest BCUT2D eigenvalue weighted by Gasteiger charge is 2.20. The molecular weight excluding hydrogens is 1900 g/mol. The number of fused-ring (bicyclic) bond motifs is 2. The number of rotatable bonds is 21. The number of phenols is 1. The van der Waals surface area contributed by atoms with Crippen molar-refractivity contribution in [2.45, 2.75) is 36.1 Å². The van der Waals surface area contributed by atoms with Gasteiger partial charge in [0.1, 0.15) is 83.2 Å². The number of nitrogens with zero attached hydrogens (tertiary/aromatic N) is 22. The molecule has 1 aliphatic heterocycles. The molecule has 760 valence electrons. The quantitative estimate of drug-likeness (QED) is 0.0203. The molecule has 27 nitrogen and oxygen atoms in total. The van der Waals surface area contributed by atoms with E-state index in [1.54, 1.807) is 44.6 Å². The zero-order chi connectivity index (χ0) is 101. The Morgan fingerprint density at radius 2 is 0.776 bits per heavy atom. The van der Waals surface area contributed by atoms with Gasteiger partial charge in [0.2, 0.25) is 23.3 Å². The first-order valence-electron chi connectivity index (χ1n) is 45.6. The number of hydrogen-bond acceptors (Lipinski definition) is 17. The van der Waals surface area contributed by atoms with Crippen LogP contribution in [0.1, 0.15) is 80.2 Å². The van der Waals surface area contributed by atoms with Gasteiger partial charge in [0.05, 0.1) is 94.0 Å². The van der Waals surface area contributed by atoms with Crippen LogP contribution in [0, 0.1) is 0 Å². The molecule has 9 aromatic carbocycles. The highest BCUT2D eigenvalue weighted by atomic mass is 35.5. The molecule has 0 spiro atoms. The van der Waals surface area contributed by atoms with Gasteiger partial charge in [-0.25, -0.2) is 36.5 Å². The Morgan fingerprint density at radius 1 is 0.381 bits per heavy atom. The number of hydrogen-bond donors (Lipinski definition) is 3. The third-order valence-corrected chi connectivity index (χ3v) is 22.5. The number of ether oxygens (including phenoxy) is 2. The summed E-state index contributed by atoms with van der Waals surface area (Å²) in [4.78, 5) is 0. The van der Waals surface area contributed by atoms with Crippen molar-refractivity contribution >= 4 is 140 Å². The van der Waals surface area contributed by atoms with Crippen LogP contribution in [0.3, 0.4) is 0 Å². The van der Waals surface area contributed by atoms with E-state index in [4.69, 9.17) is 44.1 Å². The van der Waals surface area contributed by atoms with Crippen LogP contribution in [0.2, 0.25) is 10.0 Å². The number of imidazole rings is 1. The second-order valence-electron chi connectivity index (χ2n) is 32.7. The van der Waals surface area contributed by atoms with Crippen molar-refractivity contribution in [3.05, 3.63) is 438 Å². The molecule has 0 bridgehead atoms. The number of aryl methyl sites for hydroxylation is 10. The number of phenolic OH excluding ortho intramolecular Hbond substituents is 1. The van der Waals surface area contributed by atoms with Crippen molar-refractivity contribution in [2.24, 2.45) is 111 Å². The van der Waals surface area contributed by atoms with E-state index in [0.29, 0.717) is 16.4 Å². The van der Waals surface area contributed by atoms with Crippen LogP contribution in [-0.4, -0.2) is 81.1 Å². The molecule has 1 aliphatic rings. The first-order chi connectivity index (χ1) is 68.7. The molecule has 0 saturated heterocycles. The fourth-order valence-corrected chi connectivity index (χ4v) is 13.7. The maximum atomic E-state index is 10.1. The molecule has 18 rings (SSSR count). The number of aromatic nitrogens is 10. The van der Waals surface area contributed by atoms with Crippen LogP contribution >= 0.6 is 23.2 Å². The predicted molar refractivity (Wildman–Crippen MR) is 601 cm³/mol. The number of anilines is 6. The van der Waals surface area contributed by atoms with Crippen LogP contribution in [-0.2, 0) is 76.9 Å². The summed E-state index contributed by atoms with van der Waals surface area (Å²) in [6.45, 7) is 0.965. The van der Waals surface area contributed by atoms with Crippen molar-refractivity contribution in [3.63, 3.8) is 0 Å². The fourth-order valence-electron chi connectivity index (χ4n) is 13.4. The predicted octanol–water partition coefficient (Wildman–Crippen LogP) is 18.6. The monoisotopic (exact) mass is 2030 g/mol. The molecule has 30 heteroatoms. The Balaban J connectivity index is 0.000000256. The summed E-state index contributed by atoms with van der Waals surface area (Å²) >= 11 is 11.7. The van der Waals surface area contributed by atoms with Crippen LogP contribution in [0.4, 0.5) is 57.1 Å². The lowest BCUT2D eigenvalue weighted by Crippen LogP contribution is -3.00. The summed E-state index contributed by atoms with van der Waals surface area (Å²) in [6.07, 6.45) is 40.8. The van der Waals surface area contributed by atoms with E-state index >= 15 is 0 Å². The van der Waals surface area contributed by atoms with Crippen molar-refractivity contribution in [2.75, 3.05) is 73.4 Å². The molecule has 9 heterocycles. The number of methoxy groups -OCH3 is 2. The molecule has 0 unspecified atom stereocenters. The van der Waals surface area contributed by atoms with E-state index in [9.17, 15) is 5.11 Å². The van der Waals surface area contributed by atoms with Gasteiger partial charge in [-0.1, -0.05) is 131 Å². The zero-order valence-corrected chi connectivity index (χ0v) is 85.5. The van der Waals surface area contributed by atoms with Crippen LogP contribution in [0.25, 0.3) is 35.2 Å². The Labute approximate surface area is 883 Å². The summed E-state index contributed by atoms with van der Waals surface area (Å²) in [7, 11) is 28.8. The minimum absolute atomic E-state index is 0. The number of para-hydroxylation sites is 2. The third-order valence-electron chi connectivity index (χ3n) is 22.0. The van der Waals surface area contributed by atoms with E-state index in [1.807, 2.05) is 467 Å². The number of halogens is 3.